The number of nitro groups is 1. The average Bonchev–Trinajstić information content (AvgIpc) is 2.17. The molecule has 1 atom stereocenters. The Bertz CT molecular complexity index is 367. The highest BCUT2D eigenvalue weighted by Gasteiger charge is 2.12. The van der Waals surface area contributed by atoms with Gasteiger partial charge in [0.1, 0.15) is 5.69 Å². The lowest BCUT2D eigenvalue weighted by Crippen LogP contribution is -2.15. The summed E-state index contributed by atoms with van der Waals surface area (Å²) >= 11 is 0. The first kappa shape index (κ1) is 11.4. The molecule has 0 heterocycles. The van der Waals surface area contributed by atoms with Crippen LogP contribution in [-0.2, 0) is 6.42 Å². The van der Waals surface area contributed by atoms with Crippen LogP contribution in [0.4, 0.5) is 11.4 Å². The molecule has 0 aliphatic heterocycles. The fraction of sp³-hybridized carbons (Fsp3) is 0.333. The molecule has 0 aliphatic rings. The summed E-state index contributed by atoms with van der Waals surface area (Å²) in [5.41, 5.74) is 6.01. The number of rotatable bonds is 4. The van der Waals surface area contributed by atoms with Gasteiger partial charge in [-0.2, -0.15) is 0 Å². The van der Waals surface area contributed by atoms with Gasteiger partial charge in [-0.15, -0.1) is 0 Å². The van der Waals surface area contributed by atoms with E-state index in [1.54, 1.807) is 0 Å². The van der Waals surface area contributed by atoms with Crippen LogP contribution in [0.25, 0.3) is 0 Å². The number of anilines is 1. The van der Waals surface area contributed by atoms with Gasteiger partial charge in [0.25, 0.3) is 5.69 Å². The van der Waals surface area contributed by atoms with Gasteiger partial charge < -0.3 is 15.9 Å². The van der Waals surface area contributed by atoms with Crippen LogP contribution in [0.2, 0.25) is 0 Å². The second kappa shape index (κ2) is 4.72. The Hall–Kier alpha value is -1.66. The van der Waals surface area contributed by atoms with Crippen molar-refractivity contribution in [1.29, 1.82) is 0 Å². The molecule has 0 fully saturated rings. The molecule has 0 aliphatic carbocycles. The van der Waals surface area contributed by atoms with Crippen LogP contribution >= 0.6 is 0 Å². The highest BCUT2D eigenvalue weighted by atomic mass is 16.6. The highest BCUT2D eigenvalue weighted by Crippen LogP contribution is 2.22. The van der Waals surface area contributed by atoms with Gasteiger partial charge in [-0.25, -0.2) is 0 Å². The second-order valence-electron chi connectivity index (χ2n) is 3.19. The summed E-state index contributed by atoms with van der Waals surface area (Å²) in [6, 6.07) is 4.22. The zero-order valence-electron chi connectivity index (χ0n) is 7.96. The average molecular weight is 212 g/mol. The predicted octanol–water partition coefficient (Wildman–Crippen LogP) is 0.0727. The first-order valence-corrected chi connectivity index (χ1v) is 4.36. The third-order valence-electron chi connectivity index (χ3n) is 1.97. The first-order chi connectivity index (χ1) is 7.04. The number of benzene rings is 1. The number of nitrogens with zero attached hydrogens (tertiary/aromatic N) is 1. The monoisotopic (exact) mass is 212 g/mol. The van der Waals surface area contributed by atoms with E-state index in [-0.39, 0.29) is 24.4 Å². The van der Waals surface area contributed by atoms with E-state index in [9.17, 15) is 10.1 Å². The van der Waals surface area contributed by atoms with Gasteiger partial charge >= 0.3 is 0 Å². The van der Waals surface area contributed by atoms with Crippen LogP contribution in [0.3, 0.4) is 0 Å². The quantitative estimate of drug-likeness (QED) is 0.371. The van der Waals surface area contributed by atoms with Crippen molar-refractivity contribution >= 4 is 11.4 Å². The molecule has 0 bridgehead atoms. The van der Waals surface area contributed by atoms with Gasteiger partial charge in [0.05, 0.1) is 17.6 Å². The summed E-state index contributed by atoms with van der Waals surface area (Å²) in [5.74, 6) is 0. The van der Waals surface area contributed by atoms with Crippen molar-refractivity contribution in [3.05, 3.63) is 33.9 Å². The molecule has 15 heavy (non-hydrogen) atoms. The van der Waals surface area contributed by atoms with Crippen molar-refractivity contribution in [2.24, 2.45) is 0 Å². The lowest BCUT2D eigenvalue weighted by atomic mass is 10.1. The van der Waals surface area contributed by atoms with Crippen LogP contribution in [0.1, 0.15) is 5.56 Å². The zero-order chi connectivity index (χ0) is 11.4. The standard InChI is InChI=1S/C9H12N2O4/c10-8-4-6(3-7(13)5-12)1-2-9(8)11(14)15/h1-2,4,7,12-13H,3,5,10H2. The summed E-state index contributed by atoms with van der Waals surface area (Å²) in [5, 5.41) is 28.2. The molecular formula is C9H12N2O4. The van der Waals surface area contributed by atoms with Gasteiger partial charge in [-0.05, 0) is 11.6 Å². The Balaban J connectivity index is 2.87. The minimum absolute atomic E-state index is 0.0580. The molecule has 6 nitrogen and oxygen atoms in total. The van der Waals surface area contributed by atoms with E-state index in [4.69, 9.17) is 15.9 Å². The summed E-state index contributed by atoms with van der Waals surface area (Å²) in [4.78, 5) is 9.88. The number of aliphatic hydroxyl groups is 2. The van der Waals surface area contributed by atoms with E-state index in [0.29, 0.717) is 5.56 Å². The molecule has 0 saturated carbocycles. The van der Waals surface area contributed by atoms with Crippen LogP contribution in [0.5, 0.6) is 0 Å². The Morgan fingerprint density at radius 3 is 2.67 bits per heavy atom. The largest absolute Gasteiger partial charge is 0.394 e. The van der Waals surface area contributed by atoms with Gasteiger partial charge in [0, 0.05) is 12.5 Å². The first-order valence-electron chi connectivity index (χ1n) is 4.36. The van der Waals surface area contributed by atoms with Gasteiger partial charge in [0.15, 0.2) is 0 Å². The molecule has 4 N–H and O–H groups in total. The fourth-order valence-electron chi connectivity index (χ4n) is 1.23. The number of hydrogen-bond donors (Lipinski definition) is 3. The number of nitrogen functional groups attached to an aromatic ring is 1. The summed E-state index contributed by atoms with van der Waals surface area (Å²) in [7, 11) is 0. The van der Waals surface area contributed by atoms with Crippen molar-refractivity contribution in [3.63, 3.8) is 0 Å². The van der Waals surface area contributed by atoms with Gasteiger partial charge in [0.2, 0.25) is 0 Å². The van der Waals surface area contributed by atoms with Crippen molar-refractivity contribution in [1.82, 2.24) is 0 Å². The number of nitro benzene ring substituents is 1. The smallest absolute Gasteiger partial charge is 0.292 e. The van der Waals surface area contributed by atoms with E-state index in [1.807, 2.05) is 0 Å². The third kappa shape index (κ3) is 2.90. The van der Waals surface area contributed by atoms with E-state index in [2.05, 4.69) is 0 Å². The molecule has 1 unspecified atom stereocenters. The lowest BCUT2D eigenvalue weighted by Gasteiger charge is -2.07. The summed E-state index contributed by atoms with van der Waals surface area (Å²) in [6.45, 7) is -0.350. The van der Waals surface area contributed by atoms with Crippen LogP contribution in [0.15, 0.2) is 18.2 Å². The fourth-order valence-corrected chi connectivity index (χ4v) is 1.23. The third-order valence-corrected chi connectivity index (χ3v) is 1.97. The molecule has 0 spiro atoms. The van der Waals surface area contributed by atoms with Crippen LogP contribution in [-0.4, -0.2) is 27.8 Å². The Morgan fingerprint density at radius 2 is 2.20 bits per heavy atom. The maximum absolute atomic E-state index is 10.4. The van der Waals surface area contributed by atoms with E-state index < -0.39 is 11.0 Å². The topological polar surface area (TPSA) is 110 Å². The molecule has 82 valence electrons. The molecule has 0 amide bonds. The van der Waals surface area contributed by atoms with E-state index in [1.165, 1.54) is 18.2 Å². The van der Waals surface area contributed by atoms with Crippen LogP contribution < -0.4 is 5.73 Å². The summed E-state index contributed by atoms with van der Waals surface area (Å²) < 4.78 is 0. The van der Waals surface area contributed by atoms with Crippen molar-refractivity contribution in [2.75, 3.05) is 12.3 Å². The summed E-state index contributed by atoms with van der Waals surface area (Å²) in [6.07, 6.45) is -0.649. The lowest BCUT2D eigenvalue weighted by molar-refractivity contribution is -0.383. The van der Waals surface area contributed by atoms with Crippen LogP contribution in [0, 0.1) is 10.1 Å². The molecule has 0 saturated heterocycles. The maximum atomic E-state index is 10.4. The molecule has 1 aromatic carbocycles. The Kier molecular flexibility index (Phi) is 3.59. The van der Waals surface area contributed by atoms with E-state index in [0.717, 1.165) is 0 Å². The minimum atomic E-state index is -0.870. The second-order valence-corrected chi connectivity index (χ2v) is 3.19. The molecule has 1 rings (SSSR count). The van der Waals surface area contributed by atoms with E-state index >= 15 is 0 Å². The normalized spacial score (nSPS) is 12.4. The maximum Gasteiger partial charge on any atom is 0.292 e. The molecule has 1 aromatic rings. The van der Waals surface area contributed by atoms with Gasteiger partial charge in [-0.1, -0.05) is 6.07 Å². The molecule has 0 radical (unpaired) electrons. The number of hydrogen-bond acceptors (Lipinski definition) is 5. The predicted molar refractivity (Wildman–Crippen MR) is 54.3 cm³/mol. The SMILES string of the molecule is Nc1cc(CC(O)CO)ccc1[N+](=O)[O-]. The molecular weight excluding hydrogens is 200 g/mol. The van der Waals surface area contributed by atoms with Crippen molar-refractivity contribution in [2.45, 2.75) is 12.5 Å². The number of nitrogens with two attached hydrogens (primary N) is 1. The van der Waals surface area contributed by atoms with Crippen molar-refractivity contribution < 1.29 is 15.1 Å². The Labute approximate surface area is 86.1 Å². The zero-order valence-corrected chi connectivity index (χ0v) is 7.96. The minimum Gasteiger partial charge on any atom is -0.394 e. The molecule has 6 heteroatoms. The number of aliphatic hydroxyl groups excluding tert-OH is 2. The Morgan fingerprint density at radius 1 is 1.53 bits per heavy atom. The highest BCUT2D eigenvalue weighted by molar-refractivity contribution is 5.59. The molecule has 0 aromatic heterocycles. The van der Waals surface area contributed by atoms with Crippen molar-refractivity contribution in [3.8, 4) is 0 Å². The van der Waals surface area contributed by atoms with Gasteiger partial charge in [-0.3, -0.25) is 10.1 Å².